The van der Waals surface area contributed by atoms with Crippen molar-refractivity contribution in [2.75, 3.05) is 31.1 Å². The summed E-state index contributed by atoms with van der Waals surface area (Å²) in [6.07, 6.45) is 5.27. The van der Waals surface area contributed by atoms with Crippen LogP contribution < -0.4 is 15.8 Å². The molecule has 2 N–H and O–H groups in total. The van der Waals surface area contributed by atoms with Gasteiger partial charge in [-0.1, -0.05) is 0 Å². The Labute approximate surface area is 196 Å². The molecule has 1 saturated heterocycles. The lowest BCUT2D eigenvalue weighted by atomic mass is 10.1. The Hall–Kier alpha value is -3.33. The first-order valence-corrected chi connectivity index (χ1v) is 11.9. The summed E-state index contributed by atoms with van der Waals surface area (Å²) in [6.45, 7) is 4.24. The normalized spacial score (nSPS) is 22.7. The summed E-state index contributed by atoms with van der Waals surface area (Å²) in [4.78, 5) is 41.0. The van der Waals surface area contributed by atoms with E-state index in [4.69, 9.17) is 0 Å². The predicted molar refractivity (Wildman–Crippen MR) is 127 cm³/mol. The molecule has 6 rings (SSSR count). The predicted octanol–water partition coefficient (Wildman–Crippen LogP) is 2.36. The van der Waals surface area contributed by atoms with Crippen LogP contribution in [0.15, 0.2) is 41.5 Å². The quantitative estimate of drug-likeness (QED) is 0.584. The topological polar surface area (TPSA) is 94.2 Å². The molecular weight excluding hydrogens is 435 g/mol. The average molecular weight is 463 g/mol. The number of H-pyrrole nitrogens is 1. The number of piperazine rings is 1. The van der Waals surface area contributed by atoms with E-state index in [1.165, 1.54) is 0 Å². The van der Waals surface area contributed by atoms with E-state index in [0.29, 0.717) is 18.0 Å². The monoisotopic (exact) mass is 462 g/mol. The number of nitrogens with zero attached hydrogens (tertiary/aromatic N) is 4. The number of carbonyl (C=O) groups is 1. The molecule has 9 heteroatoms. The number of halogens is 1. The average Bonchev–Trinajstić information content (AvgIpc) is 3.78. The summed E-state index contributed by atoms with van der Waals surface area (Å²) in [5.74, 6) is 0.0805. The zero-order chi connectivity index (χ0) is 23.2. The van der Waals surface area contributed by atoms with E-state index in [-0.39, 0.29) is 17.5 Å². The van der Waals surface area contributed by atoms with Crippen molar-refractivity contribution in [1.29, 1.82) is 0 Å². The maximum absolute atomic E-state index is 13.0. The molecule has 3 fully saturated rings. The second-order valence-corrected chi connectivity index (χ2v) is 9.60. The molecule has 2 atom stereocenters. The second-order valence-electron chi connectivity index (χ2n) is 9.60. The number of amides is 1. The molecule has 0 bridgehead atoms. The van der Waals surface area contributed by atoms with Crippen molar-refractivity contribution in [3.05, 3.63) is 63.8 Å². The van der Waals surface area contributed by atoms with Gasteiger partial charge in [-0.3, -0.25) is 19.5 Å². The summed E-state index contributed by atoms with van der Waals surface area (Å²) in [7, 11) is 0. The molecule has 2 saturated carbocycles. The molecule has 8 nitrogen and oxygen atoms in total. The third-order valence-electron chi connectivity index (χ3n) is 6.95. The molecule has 1 aliphatic heterocycles. The highest BCUT2D eigenvalue weighted by Crippen LogP contribution is 2.38. The number of aromatic nitrogens is 3. The van der Waals surface area contributed by atoms with Gasteiger partial charge in [0.1, 0.15) is 11.9 Å². The third kappa shape index (κ3) is 4.40. The molecule has 34 heavy (non-hydrogen) atoms. The Balaban J connectivity index is 1.05. The first-order chi connectivity index (χ1) is 16.5. The van der Waals surface area contributed by atoms with Gasteiger partial charge in [-0.25, -0.2) is 9.37 Å². The van der Waals surface area contributed by atoms with E-state index in [0.717, 1.165) is 73.4 Å². The Bertz CT molecular complexity index is 1280. The number of alkyl halides is 1. The fourth-order valence-electron chi connectivity index (χ4n) is 4.61. The number of hydrogen-bond acceptors (Lipinski definition) is 6. The molecule has 3 aromatic heterocycles. The van der Waals surface area contributed by atoms with Crippen LogP contribution in [0.2, 0.25) is 0 Å². The van der Waals surface area contributed by atoms with Crippen LogP contribution in [-0.2, 0) is 6.54 Å². The van der Waals surface area contributed by atoms with Crippen molar-refractivity contribution in [2.45, 2.75) is 43.9 Å². The fourth-order valence-corrected chi connectivity index (χ4v) is 4.61. The van der Waals surface area contributed by atoms with Crippen molar-refractivity contribution in [1.82, 2.24) is 25.2 Å². The fraction of sp³-hybridized carbons (Fsp3) is 0.440. The molecule has 0 radical (unpaired) electrons. The minimum atomic E-state index is -0.924. The molecule has 2 aliphatic carbocycles. The maximum atomic E-state index is 13.0. The van der Waals surface area contributed by atoms with E-state index >= 15 is 0 Å². The number of rotatable bonds is 6. The number of anilines is 1. The van der Waals surface area contributed by atoms with E-state index in [1.807, 2.05) is 24.4 Å². The van der Waals surface area contributed by atoms with E-state index < -0.39 is 6.17 Å². The molecule has 0 aromatic carbocycles. The lowest BCUT2D eigenvalue weighted by Gasteiger charge is -2.36. The number of hydrogen-bond donors (Lipinski definition) is 2. The van der Waals surface area contributed by atoms with E-state index in [9.17, 15) is 14.0 Å². The number of nitrogens with one attached hydrogen (secondary N) is 2. The van der Waals surface area contributed by atoms with Gasteiger partial charge in [0.25, 0.3) is 11.5 Å². The Morgan fingerprint density at radius 1 is 1.12 bits per heavy atom. The first-order valence-electron chi connectivity index (χ1n) is 11.9. The van der Waals surface area contributed by atoms with Crippen LogP contribution in [0, 0.1) is 0 Å². The summed E-state index contributed by atoms with van der Waals surface area (Å²) in [6, 6.07) is 7.22. The molecule has 1 amide bonds. The van der Waals surface area contributed by atoms with Gasteiger partial charge in [-0.15, -0.1) is 0 Å². The number of pyridine rings is 3. The minimum absolute atomic E-state index is 0.0128. The van der Waals surface area contributed by atoms with Gasteiger partial charge in [0.05, 0.1) is 29.0 Å². The second kappa shape index (κ2) is 8.47. The molecule has 0 spiro atoms. The van der Waals surface area contributed by atoms with Gasteiger partial charge >= 0.3 is 0 Å². The Kier molecular flexibility index (Phi) is 5.28. The molecule has 3 aliphatic rings. The van der Waals surface area contributed by atoms with Crippen LogP contribution in [0.1, 0.15) is 46.8 Å². The molecule has 4 heterocycles. The van der Waals surface area contributed by atoms with Crippen molar-refractivity contribution < 1.29 is 9.18 Å². The van der Waals surface area contributed by atoms with Gasteiger partial charge in [-0.2, -0.15) is 0 Å². The zero-order valence-corrected chi connectivity index (χ0v) is 18.8. The third-order valence-corrected chi connectivity index (χ3v) is 6.95. The highest BCUT2D eigenvalue weighted by atomic mass is 19.1. The minimum Gasteiger partial charge on any atom is -0.368 e. The van der Waals surface area contributed by atoms with E-state index in [2.05, 4.69) is 30.1 Å². The van der Waals surface area contributed by atoms with Gasteiger partial charge in [-0.05, 0) is 48.6 Å². The summed E-state index contributed by atoms with van der Waals surface area (Å²) < 4.78 is 13.0. The zero-order valence-electron chi connectivity index (χ0n) is 18.8. The van der Waals surface area contributed by atoms with E-state index in [1.54, 1.807) is 12.3 Å². The maximum Gasteiger partial charge on any atom is 0.270 e. The lowest BCUT2D eigenvalue weighted by Crippen LogP contribution is -2.46. The SMILES string of the molecule is O=C(N[C@@H]1C[C@H]1F)c1ccc(N2CCN(Cc3cnc4cc(C5CC5)c(=O)[nH]c4c3)CC2)cn1. The molecule has 176 valence electrons. The van der Waals surface area contributed by atoms with Crippen molar-refractivity contribution in [2.24, 2.45) is 0 Å². The number of fused-ring (bicyclic) bond motifs is 1. The van der Waals surface area contributed by atoms with Crippen molar-refractivity contribution >= 4 is 22.6 Å². The highest BCUT2D eigenvalue weighted by molar-refractivity contribution is 5.93. The Morgan fingerprint density at radius 3 is 2.59 bits per heavy atom. The number of carbonyl (C=O) groups excluding carboxylic acids is 1. The molecule has 3 aromatic rings. The van der Waals surface area contributed by atoms with Gasteiger partial charge in [0.2, 0.25) is 0 Å². The van der Waals surface area contributed by atoms with Gasteiger partial charge < -0.3 is 15.2 Å². The standard InChI is InChI=1S/C25H27FN6O2/c26-19-11-21(19)29-25(34)20-4-3-17(13-28-20)32-7-5-31(6-8-32)14-15-9-23-22(27-12-15)10-18(16-1-2-16)24(33)30-23/h3-4,9-10,12-13,16,19,21H,1-2,5-8,11,14H2,(H,29,34)(H,30,33)/t19-,21-/m1/s1. The van der Waals surface area contributed by atoms with Crippen LogP contribution in [0.4, 0.5) is 10.1 Å². The highest BCUT2D eigenvalue weighted by Gasteiger charge is 2.39. The van der Waals surface area contributed by atoms with Crippen LogP contribution in [0.3, 0.4) is 0 Å². The summed E-state index contributed by atoms with van der Waals surface area (Å²) in [5, 5.41) is 2.65. The summed E-state index contributed by atoms with van der Waals surface area (Å²) in [5.41, 5.74) is 4.89. The van der Waals surface area contributed by atoms with Crippen LogP contribution in [-0.4, -0.2) is 64.2 Å². The summed E-state index contributed by atoms with van der Waals surface area (Å²) >= 11 is 0. The Morgan fingerprint density at radius 2 is 1.91 bits per heavy atom. The number of aromatic amines is 1. The van der Waals surface area contributed by atoms with Gasteiger partial charge in [0.15, 0.2) is 0 Å². The van der Waals surface area contributed by atoms with Crippen molar-refractivity contribution in [3.63, 3.8) is 0 Å². The van der Waals surface area contributed by atoms with Crippen LogP contribution >= 0.6 is 0 Å². The van der Waals surface area contributed by atoms with Crippen molar-refractivity contribution in [3.8, 4) is 0 Å². The molecule has 0 unspecified atom stereocenters. The van der Waals surface area contributed by atoms with Crippen LogP contribution in [0.5, 0.6) is 0 Å². The lowest BCUT2D eigenvalue weighted by molar-refractivity contribution is 0.0942. The molecular formula is C25H27FN6O2. The van der Waals surface area contributed by atoms with Gasteiger partial charge in [0, 0.05) is 50.9 Å². The van der Waals surface area contributed by atoms with Crippen LogP contribution in [0.25, 0.3) is 11.0 Å². The smallest absolute Gasteiger partial charge is 0.270 e. The largest absolute Gasteiger partial charge is 0.368 e. The first kappa shape index (κ1) is 21.2.